The molecule has 34 heavy (non-hydrogen) atoms. The van der Waals surface area contributed by atoms with Crippen LogP contribution in [-0.2, 0) is 0 Å². The van der Waals surface area contributed by atoms with E-state index in [-0.39, 0.29) is 26.8 Å². The van der Waals surface area contributed by atoms with Gasteiger partial charge in [0.05, 0.1) is 0 Å². The third kappa shape index (κ3) is 12.2. The van der Waals surface area contributed by atoms with E-state index in [2.05, 4.69) is 0 Å². The summed E-state index contributed by atoms with van der Waals surface area (Å²) < 4.78 is 0. The molecule has 0 saturated heterocycles. The van der Waals surface area contributed by atoms with Crippen molar-refractivity contribution >= 4 is 78.4 Å². The minimum absolute atomic E-state index is 0.306. The average molecular weight is 556 g/mol. The predicted molar refractivity (Wildman–Crippen MR) is 154 cm³/mol. The topological polar surface area (TPSA) is 44.6 Å². The van der Waals surface area contributed by atoms with E-state index in [1.54, 1.807) is 0 Å². The Hall–Kier alpha value is -1.56. The van der Waals surface area contributed by atoms with Crippen molar-refractivity contribution in [2.45, 2.75) is 0 Å². The Bertz CT molecular complexity index is 897. The molecule has 2 nitrogen and oxygen atoms in total. The lowest BCUT2D eigenvalue weighted by molar-refractivity contribution is 1.61. The second kappa shape index (κ2) is 19.7. The van der Waals surface area contributed by atoms with E-state index in [1.165, 1.54) is 0 Å². The molecule has 4 aromatic rings. The first-order valence-electron chi connectivity index (χ1n) is 9.96. The van der Waals surface area contributed by atoms with Crippen LogP contribution in [-0.4, -0.2) is 38.2 Å². The van der Waals surface area contributed by atoms with Gasteiger partial charge in [0.1, 0.15) is 0 Å². The molecule has 0 fully saturated rings. The number of benzene rings is 4. The van der Waals surface area contributed by atoms with Gasteiger partial charge < -0.3 is 10.8 Å². The van der Waals surface area contributed by atoms with Crippen molar-refractivity contribution in [2.75, 3.05) is 0 Å². The van der Waals surface area contributed by atoms with E-state index in [1.807, 2.05) is 121 Å². The monoisotopic (exact) mass is 554 g/mol. The molecule has 0 aromatic heterocycles. The van der Waals surface area contributed by atoms with Crippen LogP contribution < -0.4 is 0 Å². The van der Waals surface area contributed by atoms with E-state index in [0.717, 1.165) is 22.3 Å². The number of hydrogen-bond donors (Lipinski definition) is 0. The van der Waals surface area contributed by atoms with E-state index in [4.69, 9.17) is 40.2 Å². The Labute approximate surface area is 231 Å². The summed E-state index contributed by atoms with van der Waals surface area (Å²) in [6, 6.07) is 38.1. The maximum Gasteiger partial charge on any atom is 0.495 e. The molecule has 4 aromatic carbocycles. The molecule has 4 rings (SSSR count). The van der Waals surface area contributed by atoms with Crippen molar-refractivity contribution in [1.29, 1.82) is 0 Å². The van der Waals surface area contributed by atoms with Crippen molar-refractivity contribution in [3.05, 3.63) is 154 Å². The van der Waals surface area contributed by atoms with Gasteiger partial charge in [-0.25, -0.2) is 40.2 Å². The normalized spacial score (nSPS) is 8.82. The van der Waals surface area contributed by atoms with Gasteiger partial charge in [0, 0.05) is 0 Å². The lowest BCUT2D eigenvalue weighted by atomic mass is 10.0. The molecule has 0 bridgehead atoms. The summed E-state index contributed by atoms with van der Waals surface area (Å²) in [4.78, 5) is 0. The van der Waals surface area contributed by atoms with Gasteiger partial charge in [-0.05, 0) is 22.3 Å². The highest BCUT2D eigenvalue weighted by molar-refractivity contribution is 7.22. The van der Waals surface area contributed by atoms with Crippen LogP contribution in [0.15, 0.2) is 121 Å². The molecular formula is C26H20Al2Cl4N2-2. The maximum atomic E-state index is 9.91. The summed E-state index contributed by atoms with van der Waals surface area (Å²) in [5.74, 6) is 0. The summed E-state index contributed by atoms with van der Waals surface area (Å²) in [6.07, 6.45) is 0. The lowest BCUT2D eigenvalue weighted by Crippen LogP contribution is -1.99. The van der Waals surface area contributed by atoms with Crippen LogP contribution in [0.4, 0.5) is 0 Å². The minimum Gasteiger partial charge on any atom is -0.803 e. The van der Waals surface area contributed by atoms with Crippen LogP contribution in [0, 0.1) is 0 Å². The first-order valence-corrected chi connectivity index (χ1v) is 16.9. The predicted octanol–water partition coefficient (Wildman–Crippen LogP) is 8.18. The molecule has 0 aliphatic rings. The zero-order chi connectivity index (χ0) is 25.0. The van der Waals surface area contributed by atoms with Crippen molar-refractivity contribution in [3.8, 4) is 0 Å². The minimum atomic E-state index is -0.306. The standard InChI is InChI=1S/2C13H10N.2Al.4ClH/c2*14-13(11-7-3-1-4-8-11)12-9-5-2-6-10-12;;;;;;/h2*1-10H;;;4*1H/q2*-1;2*+2;;;;/p-4. The fourth-order valence-electron chi connectivity index (χ4n) is 2.72. The van der Waals surface area contributed by atoms with Crippen molar-refractivity contribution < 1.29 is 0 Å². The van der Waals surface area contributed by atoms with E-state index < -0.39 is 0 Å². The van der Waals surface area contributed by atoms with Crippen LogP contribution in [0.5, 0.6) is 0 Å². The fraction of sp³-hybridized carbons (Fsp3) is 0. The highest BCUT2D eigenvalue weighted by atomic mass is 35.7. The van der Waals surface area contributed by atoms with Gasteiger partial charge in [-0.2, -0.15) is 0 Å². The van der Waals surface area contributed by atoms with Crippen LogP contribution in [0.1, 0.15) is 22.3 Å². The summed E-state index contributed by atoms with van der Waals surface area (Å²) in [5.41, 5.74) is 4.03. The van der Waals surface area contributed by atoms with Gasteiger partial charge in [0.15, 0.2) is 0 Å². The highest BCUT2D eigenvalue weighted by Gasteiger charge is 1.94. The van der Waals surface area contributed by atoms with E-state index in [9.17, 15) is 10.8 Å². The molecule has 0 heterocycles. The first-order chi connectivity index (χ1) is 16.6. The second-order valence-electron chi connectivity index (χ2n) is 6.33. The molecule has 170 valence electrons. The Morgan fingerprint density at radius 1 is 0.382 bits per heavy atom. The second-order valence-corrected chi connectivity index (χ2v) is 10.6. The smallest absolute Gasteiger partial charge is 0.495 e. The SMILES string of the molecule is [Cl][Al][Cl].[Cl][Al][Cl].[N-]=C(c1ccccc1)c1ccccc1.[N-]=C(c1ccccc1)c1ccccc1. The Balaban J connectivity index is 0.000000277. The van der Waals surface area contributed by atoms with Gasteiger partial charge >= 0.3 is 26.8 Å². The third-order valence-electron chi connectivity index (χ3n) is 4.19. The van der Waals surface area contributed by atoms with Crippen molar-refractivity contribution in [1.82, 2.24) is 0 Å². The van der Waals surface area contributed by atoms with Crippen LogP contribution in [0.25, 0.3) is 10.8 Å². The molecule has 0 saturated carbocycles. The van der Waals surface area contributed by atoms with Gasteiger partial charge in [-0.15, -0.1) is 11.4 Å². The average Bonchev–Trinajstić information content (AvgIpc) is 2.91. The fourth-order valence-corrected chi connectivity index (χ4v) is 2.72. The zero-order valence-corrected chi connectivity index (χ0v) is 23.4. The van der Waals surface area contributed by atoms with Gasteiger partial charge in [-0.3, -0.25) is 0 Å². The number of rotatable bonds is 4. The molecule has 8 heteroatoms. The van der Waals surface area contributed by atoms with Crippen LogP contribution >= 0.6 is 40.2 Å². The molecule has 2 radical (unpaired) electrons. The number of hydrogen-bond acceptors (Lipinski definition) is 0. The largest absolute Gasteiger partial charge is 0.803 e. The third-order valence-corrected chi connectivity index (χ3v) is 4.19. The van der Waals surface area contributed by atoms with Crippen molar-refractivity contribution in [3.63, 3.8) is 0 Å². The molecule has 0 spiro atoms. The summed E-state index contributed by atoms with van der Waals surface area (Å²) in [6.45, 7) is 0. The molecule has 0 amide bonds. The quantitative estimate of drug-likeness (QED) is 0.180. The van der Waals surface area contributed by atoms with Gasteiger partial charge in [0.2, 0.25) is 0 Å². The highest BCUT2D eigenvalue weighted by Crippen LogP contribution is 2.10. The van der Waals surface area contributed by atoms with E-state index in [0.29, 0.717) is 11.4 Å². The first kappa shape index (κ1) is 30.5. The zero-order valence-electron chi connectivity index (χ0n) is 18.1. The summed E-state index contributed by atoms with van der Waals surface area (Å²) >= 11 is -0.611. The van der Waals surface area contributed by atoms with Crippen LogP contribution in [0.3, 0.4) is 0 Å². The van der Waals surface area contributed by atoms with Crippen molar-refractivity contribution in [2.24, 2.45) is 0 Å². The van der Waals surface area contributed by atoms with E-state index >= 15 is 0 Å². The van der Waals surface area contributed by atoms with Crippen LogP contribution in [0.2, 0.25) is 0 Å². The van der Waals surface area contributed by atoms with Gasteiger partial charge in [-0.1, -0.05) is 121 Å². The molecule has 0 aliphatic carbocycles. The summed E-state index contributed by atoms with van der Waals surface area (Å²) in [7, 11) is 19.4. The Morgan fingerprint density at radius 3 is 0.676 bits per heavy atom. The Morgan fingerprint density at radius 2 is 0.529 bits per heavy atom. The molecule has 0 atom stereocenters. The molecular weight excluding hydrogens is 536 g/mol. The summed E-state index contributed by atoms with van der Waals surface area (Å²) in [5, 5.41) is 19.8. The number of halogens is 4. The maximum absolute atomic E-state index is 9.91. The van der Waals surface area contributed by atoms with Gasteiger partial charge in [0.25, 0.3) is 0 Å². The molecule has 0 unspecified atom stereocenters. The molecule has 0 N–H and O–H groups in total. The lowest BCUT2D eigenvalue weighted by Gasteiger charge is -2.12. The number of nitrogens with zero attached hydrogens (tertiary/aromatic N) is 2. The Kier molecular flexibility index (Phi) is 17.7. The molecule has 0 aliphatic heterocycles.